The Morgan fingerprint density at radius 1 is 1.03 bits per heavy atom. The van der Waals surface area contributed by atoms with Crippen molar-refractivity contribution in [1.29, 1.82) is 0 Å². The number of hydrogen-bond acceptors (Lipinski definition) is 5. The van der Waals surface area contributed by atoms with E-state index in [4.69, 9.17) is 9.72 Å². The van der Waals surface area contributed by atoms with Gasteiger partial charge in [0.1, 0.15) is 0 Å². The maximum Gasteiger partial charge on any atom is 0.339 e. The highest BCUT2D eigenvalue weighted by Gasteiger charge is 2.23. The van der Waals surface area contributed by atoms with E-state index < -0.39 is 5.97 Å². The standard InChI is InChI=1S/C29H35N3O3/c1-21(2)25-11-8-22(9-12-25)10-13-27-26(28(33)34)18-30-29(31-27)32-16-14-24(15-17-32)20-35-19-23-6-4-3-5-7-23/h3-9,11-12,18,21,24H,10,13-17,19-20H2,1-2H3,(H,33,34). The van der Waals surface area contributed by atoms with E-state index in [0.717, 1.165) is 39.0 Å². The molecule has 0 saturated carbocycles. The SMILES string of the molecule is CC(C)c1ccc(CCc2nc(N3CCC(COCc4ccccc4)CC3)ncc2C(=O)O)cc1. The summed E-state index contributed by atoms with van der Waals surface area (Å²) in [6, 6.07) is 18.8. The van der Waals surface area contributed by atoms with Gasteiger partial charge in [-0.3, -0.25) is 0 Å². The number of aromatic carboxylic acids is 1. The van der Waals surface area contributed by atoms with Crippen molar-refractivity contribution < 1.29 is 14.6 Å². The lowest BCUT2D eigenvalue weighted by Crippen LogP contribution is -2.36. The van der Waals surface area contributed by atoms with Crippen LogP contribution in [0.1, 0.15) is 65.3 Å². The molecule has 1 aliphatic rings. The van der Waals surface area contributed by atoms with Gasteiger partial charge in [-0.2, -0.15) is 0 Å². The van der Waals surface area contributed by atoms with Gasteiger partial charge in [0.25, 0.3) is 0 Å². The molecule has 1 aliphatic heterocycles. The quantitative estimate of drug-likeness (QED) is 0.418. The monoisotopic (exact) mass is 473 g/mol. The summed E-state index contributed by atoms with van der Waals surface area (Å²) < 4.78 is 5.94. The third-order valence-electron chi connectivity index (χ3n) is 6.74. The van der Waals surface area contributed by atoms with Crippen LogP contribution in [-0.2, 0) is 24.2 Å². The van der Waals surface area contributed by atoms with Gasteiger partial charge in [0.15, 0.2) is 0 Å². The molecule has 1 fully saturated rings. The number of aromatic nitrogens is 2. The zero-order chi connectivity index (χ0) is 24.6. The fourth-order valence-corrected chi connectivity index (χ4v) is 4.48. The molecular formula is C29H35N3O3. The second-order valence-electron chi connectivity index (χ2n) is 9.66. The number of carbonyl (C=O) groups is 1. The molecule has 1 aromatic heterocycles. The molecule has 2 aromatic carbocycles. The summed E-state index contributed by atoms with van der Waals surface area (Å²) in [4.78, 5) is 23.1. The highest BCUT2D eigenvalue weighted by Crippen LogP contribution is 2.23. The Morgan fingerprint density at radius 3 is 2.40 bits per heavy atom. The summed E-state index contributed by atoms with van der Waals surface area (Å²) in [5, 5.41) is 9.65. The van der Waals surface area contributed by atoms with Crippen LogP contribution in [0.4, 0.5) is 5.95 Å². The zero-order valence-corrected chi connectivity index (χ0v) is 20.7. The number of rotatable bonds is 10. The molecule has 0 spiro atoms. The van der Waals surface area contributed by atoms with Gasteiger partial charge < -0.3 is 14.7 Å². The van der Waals surface area contributed by atoms with Crippen LogP contribution >= 0.6 is 0 Å². The van der Waals surface area contributed by atoms with E-state index in [1.54, 1.807) is 0 Å². The highest BCUT2D eigenvalue weighted by molar-refractivity contribution is 5.88. The van der Waals surface area contributed by atoms with Crippen LogP contribution in [0.3, 0.4) is 0 Å². The van der Waals surface area contributed by atoms with Crippen LogP contribution in [0.5, 0.6) is 0 Å². The highest BCUT2D eigenvalue weighted by atomic mass is 16.5. The number of aryl methyl sites for hydroxylation is 2. The van der Waals surface area contributed by atoms with Crippen molar-refractivity contribution in [1.82, 2.24) is 9.97 Å². The topological polar surface area (TPSA) is 75.5 Å². The molecule has 6 heteroatoms. The number of piperidine rings is 1. The first-order valence-corrected chi connectivity index (χ1v) is 12.5. The van der Waals surface area contributed by atoms with E-state index in [2.05, 4.69) is 60.1 Å². The van der Waals surface area contributed by atoms with Crippen LogP contribution in [-0.4, -0.2) is 40.7 Å². The number of ether oxygens (including phenoxy) is 1. The second kappa shape index (κ2) is 11.9. The average Bonchev–Trinajstić information content (AvgIpc) is 2.88. The Balaban J connectivity index is 1.33. The molecule has 0 unspecified atom stereocenters. The summed E-state index contributed by atoms with van der Waals surface area (Å²) in [6.45, 7) is 7.45. The summed E-state index contributed by atoms with van der Waals surface area (Å²) in [5.74, 6) is 0.660. The maximum atomic E-state index is 11.8. The van der Waals surface area contributed by atoms with Crippen LogP contribution in [0.25, 0.3) is 0 Å². The molecule has 0 radical (unpaired) electrons. The molecule has 0 aliphatic carbocycles. The molecule has 6 nitrogen and oxygen atoms in total. The molecule has 0 amide bonds. The van der Waals surface area contributed by atoms with Crippen molar-refractivity contribution >= 4 is 11.9 Å². The van der Waals surface area contributed by atoms with E-state index in [1.807, 2.05) is 18.2 Å². The first-order valence-electron chi connectivity index (χ1n) is 12.5. The number of anilines is 1. The number of carboxylic acid groups (broad SMARTS) is 1. The van der Waals surface area contributed by atoms with Crippen molar-refractivity contribution in [3.05, 3.63) is 88.7 Å². The molecular weight excluding hydrogens is 438 g/mol. The summed E-state index contributed by atoms with van der Waals surface area (Å²) in [5.41, 5.74) is 4.47. The third kappa shape index (κ3) is 6.89. The molecule has 4 rings (SSSR count). The van der Waals surface area contributed by atoms with E-state index in [9.17, 15) is 9.90 Å². The molecule has 0 bridgehead atoms. The van der Waals surface area contributed by atoms with Crippen LogP contribution in [0.15, 0.2) is 60.8 Å². The number of carboxylic acids is 1. The summed E-state index contributed by atoms with van der Waals surface area (Å²) >= 11 is 0. The van der Waals surface area contributed by atoms with Gasteiger partial charge in [0, 0.05) is 25.9 Å². The van der Waals surface area contributed by atoms with Crippen molar-refractivity contribution in [3.63, 3.8) is 0 Å². The summed E-state index contributed by atoms with van der Waals surface area (Å²) in [6.07, 6.45) is 4.81. The van der Waals surface area contributed by atoms with Gasteiger partial charge in [-0.25, -0.2) is 14.8 Å². The summed E-state index contributed by atoms with van der Waals surface area (Å²) in [7, 11) is 0. The van der Waals surface area contributed by atoms with Gasteiger partial charge in [0.2, 0.25) is 5.95 Å². The molecule has 35 heavy (non-hydrogen) atoms. The Hall–Kier alpha value is -3.25. The maximum absolute atomic E-state index is 11.8. The minimum atomic E-state index is -0.976. The largest absolute Gasteiger partial charge is 0.478 e. The average molecular weight is 474 g/mol. The normalized spacial score (nSPS) is 14.4. The van der Waals surface area contributed by atoms with E-state index in [0.29, 0.717) is 36.5 Å². The molecule has 184 valence electrons. The van der Waals surface area contributed by atoms with Crippen molar-refractivity contribution in [2.75, 3.05) is 24.6 Å². The molecule has 0 atom stereocenters. The first kappa shape index (κ1) is 24.9. The lowest BCUT2D eigenvalue weighted by atomic mass is 9.98. The second-order valence-corrected chi connectivity index (χ2v) is 9.66. The van der Waals surface area contributed by atoms with Crippen LogP contribution < -0.4 is 4.90 Å². The molecule has 3 aromatic rings. The van der Waals surface area contributed by atoms with Gasteiger partial charge in [-0.15, -0.1) is 0 Å². The van der Waals surface area contributed by atoms with Crippen molar-refractivity contribution in [3.8, 4) is 0 Å². The van der Waals surface area contributed by atoms with Crippen LogP contribution in [0.2, 0.25) is 0 Å². The van der Waals surface area contributed by atoms with Crippen LogP contribution in [0, 0.1) is 5.92 Å². The minimum Gasteiger partial charge on any atom is -0.478 e. The Kier molecular flexibility index (Phi) is 8.48. The van der Waals surface area contributed by atoms with Crippen molar-refractivity contribution in [2.24, 2.45) is 5.92 Å². The third-order valence-corrected chi connectivity index (χ3v) is 6.74. The lowest BCUT2D eigenvalue weighted by Gasteiger charge is -2.32. The zero-order valence-electron chi connectivity index (χ0n) is 20.7. The van der Waals surface area contributed by atoms with Gasteiger partial charge >= 0.3 is 5.97 Å². The van der Waals surface area contributed by atoms with E-state index >= 15 is 0 Å². The predicted octanol–water partition coefficient (Wildman–Crippen LogP) is 5.52. The molecule has 1 saturated heterocycles. The Labute approximate surface area is 208 Å². The van der Waals surface area contributed by atoms with Gasteiger partial charge in [-0.05, 0) is 54.2 Å². The Morgan fingerprint density at radius 2 is 1.74 bits per heavy atom. The van der Waals surface area contributed by atoms with E-state index in [-0.39, 0.29) is 5.56 Å². The fourth-order valence-electron chi connectivity index (χ4n) is 4.48. The lowest BCUT2D eigenvalue weighted by molar-refractivity contribution is 0.0694. The fraction of sp³-hybridized carbons (Fsp3) is 0.414. The van der Waals surface area contributed by atoms with Gasteiger partial charge in [-0.1, -0.05) is 68.4 Å². The van der Waals surface area contributed by atoms with E-state index in [1.165, 1.54) is 22.9 Å². The molecule has 1 N–H and O–H groups in total. The van der Waals surface area contributed by atoms with Crippen molar-refractivity contribution in [2.45, 2.75) is 52.1 Å². The predicted molar refractivity (Wildman–Crippen MR) is 138 cm³/mol. The minimum absolute atomic E-state index is 0.191. The molecule has 2 heterocycles. The number of benzene rings is 2. The van der Waals surface area contributed by atoms with Gasteiger partial charge in [0.05, 0.1) is 17.9 Å². The number of hydrogen-bond donors (Lipinski definition) is 1. The Bertz CT molecular complexity index is 1090. The first-order chi connectivity index (χ1) is 17.0. The smallest absolute Gasteiger partial charge is 0.339 e. The number of nitrogens with zero attached hydrogens (tertiary/aromatic N) is 3.